The number of nitrogens with one attached hydrogen (secondary N) is 1. The Morgan fingerprint density at radius 3 is 2.56 bits per heavy atom. The number of hydrogen-bond acceptors (Lipinski definition) is 5. The van der Waals surface area contributed by atoms with Crippen molar-refractivity contribution in [3.8, 4) is 17.0 Å². The molecule has 2 N–H and O–H groups in total. The minimum atomic E-state index is -2.35. The van der Waals surface area contributed by atoms with Crippen LogP contribution in [0.15, 0.2) is 42.5 Å². The van der Waals surface area contributed by atoms with Gasteiger partial charge in [-0.2, -0.15) is 0 Å². The Kier molecular flexibility index (Phi) is 6.82. The van der Waals surface area contributed by atoms with E-state index in [1.165, 1.54) is 35.9 Å². The molecule has 4 atom stereocenters. The molecule has 3 heterocycles. The van der Waals surface area contributed by atoms with Gasteiger partial charge in [0, 0.05) is 28.6 Å². The molecule has 1 saturated carbocycles. The van der Waals surface area contributed by atoms with E-state index in [1.807, 2.05) is 32.2 Å². The van der Waals surface area contributed by atoms with Crippen molar-refractivity contribution >= 4 is 27.9 Å². The molecule has 8 nitrogen and oxygen atoms in total. The molecular formula is C30H38N4O4S. The average molecular weight is 551 g/mol. The number of carbonyl (C=O) groups excluding carboxylic acids is 1. The van der Waals surface area contributed by atoms with Gasteiger partial charge in [-0.05, 0) is 76.5 Å². The molecule has 4 bridgehead atoms. The number of para-hydroxylation sites is 1. The number of rotatable bonds is 2. The van der Waals surface area contributed by atoms with Crippen LogP contribution in [0.5, 0.6) is 5.75 Å². The Bertz CT molecular complexity index is 1450. The van der Waals surface area contributed by atoms with Gasteiger partial charge in [0.1, 0.15) is 11.9 Å². The van der Waals surface area contributed by atoms with Crippen molar-refractivity contribution in [1.82, 2.24) is 19.7 Å². The zero-order valence-corrected chi connectivity index (χ0v) is 24.0. The second-order valence-corrected chi connectivity index (χ2v) is 12.8. The highest BCUT2D eigenvalue weighted by atomic mass is 32.2. The molecule has 1 fully saturated rings. The summed E-state index contributed by atoms with van der Waals surface area (Å²) in [6, 6.07) is 14.2. The molecule has 1 aliphatic carbocycles. The van der Waals surface area contributed by atoms with Crippen LogP contribution in [0.3, 0.4) is 0 Å². The zero-order chi connectivity index (χ0) is 27.5. The molecule has 3 aliphatic rings. The van der Waals surface area contributed by atoms with Crippen molar-refractivity contribution < 1.29 is 18.3 Å². The fourth-order valence-electron chi connectivity index (χ4n) is 6.75. The van der Waals surface area contributed by atoms with Crippen LogP contribution in [0, 0.1) is 0 Å². The third-order valence-corrected chi connectivity index (χ3v) is 10.3. The molecule has 1 amide bonds. The largest absolute Gasteiger partial charge is 0.487 e. The van der Waals surface area contributed by atoms with Crippen LogP contribution >= 0.6 is 0 Å². The first kappa shape index (κ1) is 26.5. The third kappa shape index (κ3) is 4.40. The van der Waals surface area contributed by atoms with Gasteiger partial charge in [-0.1, -0.05) is 37.5 Å². The lowest BCUT2D eigenvalue weighted by atomic mass is 9.81. The van der Waals surface area contributed by atoms with E-state index in [1.54, 1.807) is 18.9 Å². The molecule has 9 heteroatoms. The van der Waals surface area contributed by atoms with Crippen LogP contribution in [0.1, 0.15) is 67.8 Å². The number of likely N-dealkylation sites (N-methyl/N-ethyl adjacent to an activating group) is 1. The first-order valence-corrected chi connectivity index (χ1v) is 15.1. The monoisotopic (exact) mass is 550 g/mol. The fraction of sp³-hybridized carbons (Fsp3) is 0.500. The van der Waals surface area contributed by atoms with Crippen molar-refractivity contribution in [2.24, 2.45) is 0 Å². The quantitative estimate of drug-likeness (QED) is 0.439. The van der Waals surface area contributed by atoms with Crippen LogP contribution in [0.4, 0.5) is 0 Å². The van der Waals surface area contributed by atoms with Crippen LogP contribution < -0.4 is 10.1 Å². The van der Waals surface area contributed by atoms with E-state index in [4.69, 9.17) is 4.74 Å². The van der Waals surface area contributed by atoms with Gasteiger partial charge in [0.15, 0.2) is 16.1 Å². The summed E-state index contributed by atoms with van der Waals surface area (Å²) in [6.45, 7) is 4.81. The molecule has 4 unspecified atom stereocenters. The van der Waals surface area contributed by atoms with Gasteiger partial charge in [-0.3, -0.25) is 14.6 Å². The lowest BCUT2D eigenvalue weighted by Gasteiger charge is -2.43. The van der Waals surface area contributed by atoms with Crippen molar-refractivity contribution in [3.05, 3.63) is 53.6 Å². The number of benzene rings is 2. The first-order valence-electron chi connectivity index (χ1n) is 14.0. The average Bonchev–Trinajstić information content (AvgIpc) is 3.15. The predicted octanol–water partition coefficient (Wildman–Crippen LogP) is 4.97. The van der Waals surface area contributed by atoms with Crippen LogP contribution in [-0.4, -0.2) is 66.9 Å². The number of ether oxygens (including phenoxy) is 1. The molecule has 3 aromatic rings. The van der Waals surface area contributed by atoms with Crippen LogP contribution in [-0.2, 0) is 17.6 Å². The summed E-state index contributed by atoms with van der Waals surface area (Å²) >= 11 is -2.35. The SMILES string of the molecule is CC1N(C)CC2Cn3c(c(C4CCCCC4)c4ccc(cc43)C(=O)NC(C)(S(=O)O)N1C)-c1ccccc1O2. The topological polar surface area (TPSA) is 87.0 Å². The lowest BCUT2D eigenvalue weighted by molar-refractivity contribution is 0.0127. The Labute approximate surface area is 232 Å². The summed E-state index contributed by atoms with van der Waals surface area (Å²) in [6.07, 6.45) is 5.63. The lowest BCUT2D eigenvalue weighted by Crippen LogP contribution is -2.65. The number of nitrogens with zero attached hydrogens (tertiary/aromatic N) is 3. The number of amides is 1. The maximum Gasteiger partial charge on any atom is 0.253 e. The molecule has 2 aromatic carbocycles. The third-order valence-electron chi connectivity index (χ3n) is 9.25. The second kappa shape index (κ2) is 10.0. The molecular weight excluding hydrogens is 512 g/mol. The molecule has 208 valence electrons. The fourth-order valence-corrected chi connectivity index (χ4v) is 7.33. The summed E-state index contributed by atoms with van der Waals surface area (Å²) < 4.78 is 32.1. The van der Waals surface area contributed by atoms with Gasteiger partial charge in [-0.25, -0.2) is 4.21 Å². The van der Waals surface area contributed by atoms with Gasteiger partial charge in [0.05, 0.1) is 18.4 Å². The summed E-state index contributed by atoms with van der Waals surface area (Å²) in [5.41, 5.74) is 5.16. The molecule has 2 aliphatic heterocycles. The standard InChI is InChI=1S/C30H38N4O4S/c1-19-32(3)17-22-18-34-25-16-21(29(35)31-30(2,33(19)4)39(36)37)14-15-23(25)27(20-10-6-5-7-11-20)28(34)24-12-8-9-13-26(24)38-22/h8-9,12-16,19-20,22H,5-7,10-11,17-18H2,1-4H3,(H,31,35)(H,36,37). The van der Waals surface area contributed by atoms with Crippen molar-refractivity contribution in [3.63, 3.8) is 0 Å². The number of aromatic nitrogens is 1. The van der Waals surface area contributed by atoms with Gasteiger partial charge in [0.2, 0.25) is 0 Å². The second-order valence-electron chi connectivity index (χ2n) is 11.5. The predicted molar refractivity (Wildman–Crippen MR) is 154 cm³/mol. The summed E-state index contributed by atoms with van der Waals surface area (Å²) in [7, 11) is 3.75. The van der Waals surface area contributed by atoms with Gasteiger partial charge in [0.25, 0.3) is 5.91 Å². The molecule has 39 heavy (non-hydrogen) atoms. The normalized spacial score (nSPS) is 27.7. The van der Waals surface area contributed by atoms with Gasteiger partial charge >= 0.3 is 0 Å². The highest BCUT2D eigenvalue weighted by Crippen LogP contribution is 2.47. The van der Waals surface area contributed by atoms with Crippen LogP contribution in [0.2, 0.25) is 0 Å². The van der Waals surface area contributed by atoms with Crippen molar-refractivity contribution in [1.29, 1.82) is 0 Å². The smallest absolute Gasteiger partial charge is 0.253 e. The van der Waals surface area contributed by atoms with Crippen molar-refractivity contribution in [2.75, 3.05) is 20.6 Å². The maximum atomic E-state index is 13.6. The van der Waals surface area contributed by atoms with Gasteiger partial charge in [-0.15, -0.1) is 0 Å². The van der Waals surface area contributed by atoms with Crippen LogP contribution in [0.25, 0.3) is 22.2 Å². The minimum absolute atomic E-state index is 0.165. The minimum Gasteiger partial charge on any atom is -0.487 e. The van der Waals surface area contributed by atoms with Crippen molar-refractivity contribution in [2.45, 2.75) is 75.7 Å². The molecule has 0 radical (unpaired) electrons. The maximum absolute atomic E-state index is 13.6. The van der Waals surface area contributed by atoms with E-state index in [2.05, 4.69) is 39.0 Å². The highest BCUT2D eigenvalue weighted by molar-refractivity contribution is 7.80. The van der Waals surface area contributed by atoms with E-state index in [-0.39, 0.29) is 18.2 Å². The Morgan fingerprint density at radius 2 is 1.82 bits per heavy atom. The summed E-state index contributed by atoms with van der Waals surface area (Å²) in [5, 5.41) is 4.07. The Balaban J connectivity index is 1.61. The Hall–Kier alpha value is -2.72. The summed E-state index contributed by atoms with van der Waals surface area (Å²) in [4.78, 5) is 16.0. The molecule has 6 rings (SSSR count). The summed E-state index contributed by atoms with van der Waals surface area (Å²) in [5.74, 6) is 0.957. The highest BCUT2D eigenvalue weighted by Gasteiger charge is 2.42. The molecule has 0 spiro atoms. The van der Waals surface area contributed by atoms with E-state index in [9.17, 15) is 13.6 Å². The van der Waals surface area contributed by atoms with E-state index >= 15 is 0 Å². The molecule has 0 saturated heterocycles. The number of hydrogen-bond donors (Lipinski definition) is 2. The van der Waals surface area contributed by atoms with Gasteiger partial charge < -0.3 is 19.2 Å². The number of carbonyl (C=O) groups is 1. The Morgan fingerprint density at radius 1 is 1.08 bits per heavy atom. The molecule has 1 aromatic heterocycles. The number of fused-ring (bicyclic) bond motifs is 4. The van der Waals surface area contributed by atoms with E-state index in [0.717, 1.165) is 29.7 Å². The zero-order valence-electron chi connectivity index (χ0n) is 23.1. The first-order chi connectivity index (χ1) is 18.7. The van der Waals surface area contributed by atoms with E-state index < -0.39 is 16.1 Å². The van der Waals surface area contributed by atoms with E-state index in [0.29, 0.717) is 24.6 Å².